The van der Waals surface area contributed by atoms with Crippen LogP contribution in [0, 0.1) is 0 Å². The van der Waals surface area contributed by atoms with E-state index in [4.69, 9.17) is 0 Å². The summed E-state index contributed by atoms with van der Waals surface area (Å²) in [6.45, 7) is 4.16. The summed E-state index contributed by atoms with van der Waals surface area (Å²) >= 11 is 0. The molecule has 1 N–H and O–H groups in total. The lowest BCUT2D eigenvalue weighted by atomic mass is 10.1. The van der Waals surface area contributed by atoms with Crippen LogP contribution in [0.3, 0.4) is 0 Å². The number of allylic oxidation sites excluding steroid dienone is 1. The summed E-state index contributed by atoms with van der Waals surface area (Å²) in [5.74, 6) is 0. The Bertz CT molecular complexity index is 97.0. The van der Waals surface area contributed by atoms with Crippen LogP contribution in [-0.2, 0) is 0 Å². The van der Waals surface area contributed by atoms with E-state index in [9.17, 15) is 5.11 Å². The number of aliphatic hydroxyl groups excluding tert-OH is 1. The van der Waals surface area contributed by atoms with Crippen molar-refractivity contribution in [2.75, 3.05) is 0 Å². The first-order valence-corrected chi connectivity index (χ1v) is 4.60. The lowest BCUT2D eigenvalue weighted by molar-refractivity contribution is 0.164. The maximum absolute atomic E-state index is 9.36. The van der Waals surface area contributed by atoms with Crippen LogP contribution in [0.25, 0.3) is 0 Å². The molecule has 66 valence electrons. The SMILES string of the molecule is C/C=C/CC(O)CCCCC. The van der Waals surface area contributed by atoms with Gasteiger partial charge in [-0.2, -0.15) is 0 Å². The van der Waals surface area contributed by atoms with Crippen molar-refractivity contribution >= 4 is 0 Å². The maximum atomic E-state index is 9.36. The molecule has 0 bridgehead atoms. The van der Waals surface area contributed by atoms with Crippen molar-refractivity contribution in [3.8, 4) is 0 Å². The van der Waals surface area contributed by atoms with Gasteiger partial charge in [0.1, 0.15) is 0 Å². The molecule has 1 atom stereocenters. The Labute approximate surface area is 70.1 Å². The standard InChI is InChI=1S/C10H20O/c1-3-5-7-9-10(11)8-6-4-2/h4,6,10-11H,3,5,7-9H2,1-2H3/b6-4+. The highest BCUT2D eigenvalue weighted by atomic mass is 16.3. The third-order valence-corrected chi connectivity index (χ3v) is 1.78. The molecule has 0 aliphatic heterocycles. The summed E-state index contributed by atoms with van der Waals surface area (Å²) in [4.78, 5) is 0. The van der Waals surface area contributed by atoms with Gasteiger partial charge in [0.05, 0.1) is 6.10 Å². The average Bonchev–Trinajstić information content (AvgIpc) is 2.01. The first-order chi connectivity index (χ1) is 5.31. The van der Waals surface area contributed by atoms with E-state index in [0.29, 0.717) is 0 Å². The Balaban J connectivity index is 3.15. The predicted molar refractivity (Wildman–Crippen MR) is 49.6 cm³/mol. The van der Waals surface area contributed by atoms with Crippen molar-refractivity contribution in [1.29, 1.82) is 0 Å². The molecule has 0 amide bonds. The zero-order chi connectivity index (χ0) is 8.53. The van der Waals surface area contributed by atoms with Crippen LogP contribution in [0.1, 0.15) is 46.0 Å². The van der Waals surface area contributed by atoms with E-state index in [1.807, 2.05) is 19.1 Å². The van der Waals surface area contributed by atoms with Crippen LogP contribution in [0.5, 0.6) is 0 Å². The number of aliphatic hydroxyl groups is 1. The quantitative estimate of drug-likeness (QED) is 0.463. The predicted octanol–water partition coefficient (Wildman–Crippen LogP) is 2.89. The molecule has 0 aromatic rings. The van der Waals surface area contributed by atoms with Crippen molar-refractivity contribution in [2.24, 2.45) is 0 Å². The van der Waals surface area contributed by atoms with Gasteiger partial charge in [-0.05, 0) is 19.8 Å². The zero-order valence-electron chi connectivity index (χ0n) is 7.71. The molecule has 0 saturated carbocycles. The molecule has 0 aromatic heterocycles. The monoisotopic (exact) mass is 156 g/mol. The first-order valence-electron chi connectivity index (χ1n) is 4.60. The topological polar surface area (TPSA) is 20.2 Å². The summed E-state index contributed by atoms with van der Waals surface area (Å²) in [6.07, 6.45) is 9.31. The molecule has 1 heteroatoms. The van der Waals surface area contributed by atoms with Crippen LogP contribution < -0.4 is 0 Å². The first kappa shape index (κ1) is 10.7. The normalized spacial score (nSPS) is 14.1. The third-order valence-electron chi connectivity index (χ3n) is 1.78. The fraction of sp³-hybridized carbons (Fsp3) is 0.800. The molecule has 1 nitrogen and oxygen atoms in total. The smallest absolute Gasteiger partial charge is 0.0574 e. The van der Waals surface area contributed by atoms with Gasteiger partial charge < -0.3 is 5.11 Å². The van der Waals surface area contributed by atoms with Crippen molar-refractivity contribution < 1.29 is 5.11 Å². The number of hydrogen-bond acceptors (Lipinski definition) is 1. The van der Waals surface area contributed by atoms with Crippen molar-refractivity contribution in [2.45, 2.75) is 52.1 Å². The Hall–Kier alpha value is -0.300. The van der Waals surface area contributed by atoms with Gasteiger partial charge in [0.2, 0.25) is 0 Å². The summed E-state index contributed by atoms with van der Waals surface area (Å²) in [5, 5.41) is 9.36. The molecule has 0 heterocycles. The van der Waals surface area contributed by atoms with Crippen LogP contribution in [0.4, 0.5) is 0 Å². The van der Waals surface area contributed by atoms with Crippen molar-refractivity contribution in [3.63, 3.8) is 0 Å². The molecule has 0 radical (unpaired) electrons. The van der Waals surface area contributed by atoms with Crippen LogP contribution in [0.2, 0.25) is 0 Å². The molecule has 0 rings (SSSR count). The van der Waals surface area contributed by atoms with Crippen molar-refractivity contribution in [3.05, 3.63) is 12.2 Å². The van der Waals surface area contributed by atoms with E-state index >= 15 is 0 Å². The minimum atomic E-state index is -0.113. The van der Waals surface area contributed by atoms with Crippen LogP contribution >= 0.6 is 0 Å². The third kappa shape index (κ3) is 7.60. The highest BCUT2D eigenvalue weighted by molar-refractivity contribution is 4.79. The average molecular weight is 156 g/mol. The van der Waals surface area contributed by atoms with Crippen molar-refractivity contribution in [1.82, 2.24) is 0 Å². The Morgan fingerprint density at radius 3 is 2.64 bits per heavy atom. The Kier molecular flexibility index (Phi) is 7.59. The van der Waals surface area contributed by atoms with Crippen LogP contribution in [0.15, 0.2) is 12.2 Å². The van der Waals surface area contributed by atoms with E-state index in [-0.39, 0.29) is 6.10 Å². The molecule has 0 saturated heterocycles. The van der Waals surface area contributed by atoms with Gasteiger partial charge >= 0.3 is 0 Å². The second-order valence-electron chi connectivity index (χ2n) is 2.95. The number of hydrogen-bond donors (Lipinski definition) is 1. The summed E-state index contributed by atoms with van der Waals surface area (Å²) in [5.41, 5.74) is 0. The Morgan fingerprint density at radius 2 is 2.09 bits per heavy atom. The molecular formula is C10H20O. The molecule has 0 fully saturated rings. The van der Waals surface area contributed by atoms with Gasteiger partial charge in [0, 0.05) is 0 Å². The second-order valence-corrected chi connectivity index (χ2v) is 2.95. The van der Waals surface area contributed by atoms with E-state index < -0.39 is 0 Å². The van der Waals surface area contributed by atoms with E-state index in [1.165, 1.54) is 12.8 Å². The van der Waals surface area contributed by atoms with Gasteiger partial charge in [-0.15, -0.1) is 0 Å². The van der Waals surface area contributed by atoms with Gasteiger partial charge in [-0.25, -0.2) is 0 Å². The van der Waals surface area contributed by atoms with Gasteiger partial charge in [-0.1, -0.05) is 38.3 Å². The lowest BCUT2D eigenvalue weighted by Gasteiger charge is -2.05. The Morgan fingerprint density at radius 1 is 1.36 bits per heavy atom. The zero-order valence-corrected chi connectivity index (χ0v) is 7.71. The maximum Gasteiger partial charge on any atom is 0.0574 e. The number of unbranched alkanes of at least 4 members (excludes halogenated alkanes) is 2. The summed E-state index contributed by atoms with van der Waals surface area (Å²) in [6, 6.07) is 0. The van der Waals surface area contributed by atoms with E-state index in [1.54, 1.807) is 0 Å². The van der Waals surface area contributed by atoms with Crippen LogP contribution in [-0.4, -0.2) is 11.2 Å². The molecule has 0 aromatic carbocycles. The second kappa shape index (κ2) is 7.80. The lowest BCUT2D eigenvalue weighted by Crippen LogP contribution is -2.03. The fourth-order valence-electron chi connectivity index (χ4n) is 1.04. The fourth-order valence-corrected chi connectivity index (χ4v) is 1.04. The summed E-state index contributed by atoms with van der Waals surface area (Å²) in [7, 11) is 0. The largest absolute Gasteiger partial charge is 0.393 e. The molecule has 0 aliphatic carbocycles. The number of rotatable bonds is 6. The highest BCUT2D eigenvalue weighted by Gasteiger charge is 1.99. The molecule has 1 unspecified atom stereocenters. The van der Waals surface area contributed by atoms with Gasteiger partial charge in [0.25, 0.3) is 0 Å². The molecule has 11 heavy (non-hydrogen) atoms. The van der Waals surface area contributed by atoms with E-state index in [0.717, 1.165) is 19.3 Å². The molecule has 0 aliphatic rings. The van der Waals surface area contributed by atoms with Gasteiger partial charge in [-0.3, -0.25) is 0 Å². The van der Waals surface area contributed by atoms with Gasteiger partial charge in [0.15, 0.2) is 0 Å². The summed E-state index contributed by atoms with van der Waals surface area (Å²) < 4.78 is 0. The molecular weight excluding hydrogens is 136 g/mol. The van der Waals surface area contributed by atoms with E-state index in [2.05, 4.69) is 6.92 Å². The molecule has 0 spiro atoms. The minimum Gasteiger partial charge on any atom is -0.393 e. The highest BCUT2D eigenvalue weighted by Crippen LogP contribution is 2.06. The minimum absolute atomic E-state index is 0.113.